The Morgan fingerprint density at radius 3 is 2.10 bits per heavy atom. The number of alkyl halides is 7. The van der Waals surface area contributed by atoms with Gasteiger partial charge in [-0.25, -0.2) is 8.42 Å². The summed E-state index contributed by atoms with van der Waals surface area (Å²) < 4.78 is 100. The molecule has 21 heavy (non-hydrogen) atoms. The van der Waals surface area contributed by atoms with E-state index in [4.69, 9.17) is 10.7 Å². The van der Waals surface area contributed by atoms with Crippen LogP contribution >= 0.6 is 26.6 Å². The van der Waals surface area contributed by atoms with Crippen LogP contribution in [0.15, 0.2) is 11.1 Å². The van der Waals surface area contributed by atoms with Gasteiger partial charge >= 0.3 is 12.5 Å². The molecule has 0 amide bonds. The number of hydrogen-bond acceptors (Lipinski definition) is 4. The predicted octanol–water partition coefficient (Wildman–Crippen LogP) is 3.82. The summed E-state index contributed by atoms with van der Waals surface area (Å²) in [5.74, 6) is -1.37. The van der Waals surface area contributed by atoms with Crippen LogP contribution in [0.5, 0.6) is 5.88 Å². The average molecular weight is 423 g/mol. The number of rotatable bonds is 3. The molecule has 0 saturated heterocycles. The molecule has 1 rings (SSSR count). The van der Waals surface area contributed by atoms with Crippen molar-refractivity contribution in [2.75, 3.05) is 0 Å². The van der Waals surface area contributed by atoms with E-state index in [2.05, 4.69) is 25.7 Å². The maximum Gasteiger partial charge on any atom is 0.574 e. The zero-order valence-electron chi connectivity index (χ0n) is 9.39. The first kappa shape index (κ1) is 18.3. The van der Waals surface area contributed by atoms with Crippen LogP contribution in [0.1, 0.15) is 11.1 Å². The molecule has 1 aromatic rings. The topological polar surface area (TPSA) is 56.3 Å². The standard InChI is InChI=1S/C8H3BrClF6NO3S/c9-2-3-1-4(20-8(14,15)16)17-6(21(10,18)19)5(3)7(11,12)13/h1H,2H2. The Bertz CT molecular complexity index is 645. The number of halogens is 8. The molecule has 0 unspecified atom stereocenters. The molecule has 1 aromatic heterocycles. The third kappa shape index (κ3) is 4.88. The molecule has 0 aliphatic carbocycles. The van der Waals surface area contributed by atoms with Crippen molar-refractivity contribution in [2.24, 2.45) is 0 Å². The summed E-state index contributed by atoms with van der Waals surface area (Å²) in [6.45, 7) is 0. The van der Waals surface area contributed by atoms with E-state index in [-0.39, 0.29) is 0 Å². The minimum absolute atomic E-state index is 0.316. The zero-order valence-corrected chi connectivity index (χ0v) is 12.5. The maximum absolute atomic E-state index is 12.8. The van der Waals surface area contributed by atoms with Gasteiger partial charge in [-0.05, 0) is 5.56 Å². The highest BCUT2D eigenvalue weighted by molar-refractivity contribution is 9.08. The van der Waals surface area contributed by atoms with Crippen molar-refractivity contribution in [2.45, 2.75) is 22.9 Å². The SMILES string of the molecule is O=S(=O)(Cl)c1nc(OC(F)(F)F)cc(CBr)c1C(F)(F)F. The molecule has 13 heteroatoms. The van der Waals surface area contributed by atoms with E-state index in [0.717, 1.165) is 0 Å². The maximum atomic E-state index is 12.8. The van der Waals surface area contributed by atoms with Gasteiger partial charge in [-0.15, -0.1) is 13.2 Å². The Kier molecular flexibility index (Phi) is 5.05. The fourth-order valence-corrected chi connectivity index (χ4v) is 2.77. The van der Waals surface area contributed by atoms with Gasteiger partial charge in [0, 0.05) is 22.1 Å². The van der Waals surface area contributed by atoms with Crippen molar-refractivity contribution >= 4 is 35.7 Å². The first-order valence-electron chi connectivity index (χ1n) is 4.63. The van der Waals surface area contributed by atoms with Gasteiger partial charge in [-0.2, -0.15) is 18.2 Å². The van der Waals surface area contributed by atoms with Crippen molar-refractivity contribution < 1.29 is 39.5 Å². The molecule has 0 fully saturated rings. The highest BCUT2D eigenvalue weighted by Gasteiger charge is 2.42. The minimum atomic E-state index is -5.26. The van der Waals surface area contributed by atoms with E-state index in [0.29, 0.717) is 6.07 Å². The first-order valence-corrected chi connectivity index (χ1v) is 8.06. The summed E-state index contributed by atoms with van der Waals surface area (Å²) in [5, 5.41) is -2.36. The summed E-state index contributed by atoms with van der Waals surface area (Å²) in [7, 11) is -0.255. The molecule has 0 spiro atoms. The molecule has 0 atom stereocenters. The molecule has 0 aliphatic rings. The van der Waals surface area contributed by atoms with Gasteiger partial charge in [0.05, 0.1) is 5.56 Å². The van der Waals surface area contributed by atoms with Crippen LogP contribution in [-0.4, -0.2) is 19.8 Å². The molecule has 0 radical (unpaired) electrons. The minimum Gasteiger partial charge on any atom is -0.388 e. The van der Waals surface area contributed by atoms with Crippen LogP contribution in [0.25, 0.3) is 0 Å². The van der Waals surface area contributed by atoms with E-state index < -0.39 is 49.0 Å². The summed E-state index contributed by atoms with van der Waals surface area (Å²) in [5.41, 5.74) is -2.58. The highest BCUT2D eigenvalue weighted by Crippen LogP contribution is 2.39. The number of pyridine rings is 1. The summed E-state index contributed by atoms with van der Waals surface area (Å²) in [6.07, 6.45) is -10.5. The molecule has 0 aliphatic heterocycles. The average Bonchev–Trinajstić information content (AvgIpc) is 2.22. The van der Waals surface area contributed by atoms with Gasteiger partial charge in [-0.1, -0.05) is 15.9 Å². The summed E-state index contributed by atoms with van der Waals surface area (Å²) in [6, 6.07) is 0.316. The fourth-order valence-electron chi connectivity index (χ4n) is 1.30. The quantitative estimate of drug-likeness (QED) is 0.422. The van der Waals surface area contributed by atoms with E-state index in [9.17, 15) is 34.8 Å². The van der Waals surface area contributed by atoms with Crippen LogP contribution in [0, 0.1) is 0 Å². The molecule has 0 saturated carbocycles. The lowest BCUT2D eigenvalue weighted by atomic mass is 10.1. The van der Waals surface area contributed by atoms with Crippen LogP contribution in [-0.2, 0) is 20.6 Å². The van der Waals surface area contributed by atoms with Crippen molar-refractivity contribution in [3.63, 3.8) is 0 Å². The smallest absolute Gasteiger partial charge is 0.388 e. The molecule has 0 N–H and O–H groups in total. The Hall–Kier alpha value is -0.750. The molecular weight excluding hydrogens is 420 g/mol. The lowest BCUT2D eigenvalue weighted by molar-refractivity contribution is -0.276. The van der Waals surface area contributed by atoms with Crippen molar-refractivity contribution in [1.29, 1.82) is 0 Å². The van der Waals surface area contributed by atoms with E-state index in [1.807, 2.05) is 0 Å². The normalized spacial score (nSPS) is 13.3. The Morgan fingerprint density at radius 1 is 1.24 bits per heavy atom. The largest absolute Gasteiger partial charge is 0.574 e. The highest BCUT2D eigenvalue weighted by atomic mass is 79.9. The number of aromatic nitrogens is 1. The lowest BCUT2D eigenvalue weighted by Crippen LogP contribution is -2.21. The molecule has 4 nitrogen and oxygen atoms in total. The van der Waals surface area contributed by atoms with Gasteiger partial charge in [0.15, 0.2) is 5.03 Å². The molecule has 120 valence electrons. The lowest BCUT2D eigenvalue weighted by Gasteiger charge is -2.16. The zero-order chi connectivity index (χ0) is 16.6. The van der Waals surface area contributed by atoms with Gasteiger partial charge in [0.1, 0.15) is 0 Å². The van der Waals surface area contributed by atoms with E-state index in [1.54, 1.807) is 0 Å². The van der Waals surface area contributed by atoms with Crippen molar-refractivity contribution in [1.82, 2.24) is 4.98 Å². The second-order valence-electron chi connectivity index (χ2n) is 3.42. The molecule has 0 bridgehead atoms. The van der Waals surface area contributed by atoms with Gasteiger partial charge in [-0.3, -0.25) is 0 Å². The van der Waals surface area contributed by atoms with Crippen LogP contribution < -0.4 is 4.74 Å². The third-order valence-corrected chi connectivity index (χ3v) is 3.72. The van der Waals surface area contributed by atoms with Crippen LogP contribution in [0.3, 0.4) is 0 Å². The van der Waals surface area contributed by atoms with Gasteiger partial charge in [0.25, 0.3) is 9.05 Å². The predicted molar refractivity (Wildman–Crippen MR) is 61.6 cm³/mol. The number of nitrogens with zero attached hydrogens (tertiary/aromatic N) is 1. The fraction of sp³-hybridized carbons (Fsp3) is 0.375. The Balaban J connectivity index is 3.67. The Morgan fingerprint density at radius 2 is 1.76 bits per heavy atom. The van der Waals surface area contributed by atoms with Crippen LogP contribution in [0.2, 0.25) is 0 Å². The van der Waals surface area contributed by atoms with Crippen molar-refractivity contribution in [3.05, 3.63) is 17.2 Å². The molecule has 1 heterocycles. The second-order valence-corrected chi connectivity index (χ2v) is 6.46. The van der Waals surface area contributed by atoms with Crippen LogP contribution in [0.4, 0.5) is 26.3 Å². The monoisotopic (exact) mass is 421 g/mol. The second kappa shape index (κ2) is 5.80. The number of hydrogen-bond donors (Lipinski definition) is 0. The summed E-state index contributed by atoms with van der Waals surface area (Å²) in [4.78, 5) is 2.70. The summed E-state index contributed by atoms with van der Waals surface area (Å²) >= 11 is 2.61. The molecular formula is C8H3BrClF6NO3S. The first-order chi connectivity index (χ1) is 9.25. The van der Waals surface area contributed by atoms with Gasteiger partial charge in [0.2, 0.25) is 5.88 Å². The number of ether oxygens (including phenoxy) is 1. The van der Waals surface area contributed by atoms with Gasteiger partial charge < -0.3 is 4.74 Å². The van der Waals surface area contributed by atoms with Crippen molar-refractivity contribution in [3.8, 4) is 5.88 Å². The third-order valence-electron chi connectivity index (χ3n) is 1.92. The van der Waals surface area contributed by atoms with E-state index in [1.165, 1.54) is 0 Å². The molecule has 0 aromatic carbocycles. The van der Waals surface area contributed by atoms with E-state index >= 15 is 0 Å². The Labute approximate surface area is 126 Å².